The van der Waals surface area contributed by atoms with Crippen LogP contribution in [0, 0.1) is 0 Å². The van der Waals surface area contributed by atoms with E-state index in [1.807, 2.05) is 42.5 Å². The van der Waals surface area contributed by atoms with Gasteiger partial charge in [0.1, 0.15) is 12.4 Å². The summed E-state index contributed by atoms with van der Waals surface area (Å²) >= 11 is 0. The van der Waals surface area contributed by atoms with E-state index in [0.29, 0.717) is 17.9 Å². The molecule has 0 aliphatic carbocycles. The molecule has 0 bridgehead atoms. The number of benzene rings is 2. The fourth-order valence-corrected chi connectivity index (χ4v) is 2.43. The minimum absolute atomic E-state index is 0.0211. The average molecular weight is 309 g/mol. The first-order valence-corrected chi connectivity index (χ1v) is 7.80. The molecule has 0 amide bonds. The Labute approximate surface area is 138 Å². The number of nitrogens with zero attached hydrogens (tertiary/aromatic N) is 1. The maximum absolute atomic E-state index is 11.6. The van der Waals surface area contributed by atoms with Crippen LogP contribution >= 0.6 is 0 Å². The number of carbonyl (C=O) groups is 1. The highest BCUT2D eigenvalue weighted by molar-refractivity contribution is 5.96. The van der Waals surface area contributed by atoms with Gasteiger partial charge in [-0.05, 0) is 24.6 Å². The zero-order valence-electron chi connectivity index (χ0n) is 13.6. The van der Waals surface area contributed by atoms with Crippen molar-refractivity contribution in [3.8, 4) is 5.75 Å². The van der Waals surface area contributed by atoms with Gasteiger partial charge in [0, 0.05) is 19.6 Å². The van der Waals surface area contributed by atoms with Crippen LogP contribution in [0.25, 0.3) is 0 Å². The molecule has 0 aliphatic heterocycles. The van der Waals surface area contributed by atoms with Gasteiger partial charge >= 0.3 is 0 Å². The number of rotatable bonds is 9. The van der Waals surface area contributed by atoms with Crippen molar-refractivity contribution in [1.29, 1.82) is 0 Å². The second kappa shape index (κ2) is 8.91. The van der Waals surface area contributed by atoms with Crippen molar-refractivity contribution in [2.45, 2.75) is 13.5 Å². The van der Waals surface area contributed by atoms with E-state index < -0.39 is 0 Å². The van der Waals surface area contributed by atoms with Crippen molar-refractivity contribution >= 4 is 5.78 Å². The molecule has 2 aromatic carbocycles. The summed E-state index contributed by atoms with van der Waals surface area (Å²) in [6.45, 7) is 8.33. The summed E-state index contributed by atoms with van der Waals surface area (Å²) in [5, 5.41) is 0. The van der Waals surface area contributed by atoms with E-state index in [0.717, 1.165) is 19.6 Å². The Hall–Kier alpha value is -2.39. The van der Waals surface area contributed by atoms with Gasteiger partial charge in [0.05, 0.1) is 5.56 Å². The maximum atomic E-state index is 11.6. The summed E-state index contributed by atoms with van der Waals surface area (Å²) in [4.78, 5) is 13.9. The minimum Gasteiger partial charge on any atom is -0.491 e. The fraction of sp³-hybridized carbons (Fsp3) is 0.250. The van der Waals surface area contributed by atoms with Gasteiger partial charge in [-0.15, -0.1) is 6.58 Å². The van der Waals surface area contributed by atoms with Crippen LogP contribution < -0.4 is 4.74 Å². The van der Waals surface area contributed by atoms with Crippen molar-refractivity contribution in [3.05, 3.63) is 78.4 Å². The lowest BCUT2D eigenvalue weighted by atomic mass is 10.1. The molecule has 0 aromatic heterocycles. The van der Waals surface area contributed by atoms with Crippen LogP contribution in [0.15, 0.2) is 67.3 Å². The van der Waals surface area contributed by atoms with Crippen LogP contribution in [0.4, 0.5) is 0 Å². The number of ketones is 1. The SMILES string of the molecule is C=CCN(CCOc1ccccc1C(C)=O)Cc1ccccc1. The van der Waals surface area contributed by atoms with Crippen molar-refractivity contribution in [2.24, 2.45) is 0 Å². The highest BCUT2D eigenvalue weighted by atomic mass is 16.5. The van der Waals surface area contributed by atoms with E-state index in [-0.39, 0.29) is 5.78 Å². The van der Waals surface area contributed by atoms with Crippen molar-refractivity contribution < 1.29 is 9.53 Å². The van der Waals surface area contributed by atoms with E-state index in [2.05, 4.69) is 23.6 Å². The van der Waals surface area contributed by atoms with Crippen LogP contribution in [0.1, 0.15) is 22.8 Å². The highest BCUT2D eigenvalue weighted by Gasteiger charge is 2.09. The Morgan fingerprint density at radius 1 is 1.13 bits per heavy atom. The van der Waals surface area contributed by atoms with Crippen molar-refractivity contribution in [2.75, 3.05) is 19.7 Å². The lowest BCUT2D eigenvalue weighted by molar-refractivity contribution is 0.101. The number of carbonyl (C=O) groups excluding carboxylic acids is 1. The molecule has 2 rings (SSSR count). The molecule has 23 heavy (non-hydrogen) atoms. The van der Waals surface area contributed by atoms with Crippen molar-refractivity contribution in [3.63, 3.8) is 0 Å². The van der Waals surface area contributed by atoms with Crippen LogP contribution in [-0.2, 0) is 6.54 Å². The molecule has 3 nitrogen and oxygen atoms in total. The van der Waals surface area contributed by atoms with Gasteiger partial charge < -0.3 is 4.74 Å². The minimum atomic E-state index is 0.0211. The molecule has 0 N–H and O–H groups in total. The molecule has 0 saturated heterocycles. The first kappa shape index (κ1) is 17.0. The predicted octanol–water partition coefficient (Wildman–Crippen LogP) is 3.96. The normalized spacial score (nSPS) is 10.5. The lowest BCUT2D eigenvalue weighted by Gasteiger charge is -2.21. The zero-order chi connectivity index (χ0) is 16.5. The summed E-state index contributed by atoms with van der Waals surface area (Å²) in [6.07, 6.45) is 1.90. The number of ether oxygens (including phenoxy) is 1. The molecule has 0 heterocycles. The third-order valence-electron chi connectivity index (χ3n) is 3.57. The molecule has 0 fully saturated rings. The Morgan fingerprint density at radius 2 is 1.83 bits per heavy atom. The fourth-order valence-electron chi connectivity index (χ4n) is 2.43. The molecule has 0 radical (unpaired) electrons. The molecule has 0 atom stereocenters. The molecule has 2 aromatic rings. The Bertz CT molecular complexity index is 637. The topological polar surface area (TPSA) is 29.5 Å². The molecule has 0 saturated carbocycles. The van der Waals surface area contributed by atoms with E-state index in [1.165, 1.54) is 5.56 Å². The quantitative estimate of drug-likeness (QED) is 0.519. The van der Waals surface area contributed by atoms with Gasteiger partial charge in [0.2, 0.25) is 0 Å². The largest absolute Gasteiger partial charge is 0.491 e. The van der Waals surface area contributed by atoms with Gasteiger partial charge in [0.15, 0.2) is 5.78 Å². The molecule has 3 heteroatoms. The molecule has 120 valence electrons. The summed E-state index contributed by atoms with van der Waals surface area (Å²) < 4.78 is 5.82. The standard InChI is InChI=1S/C20H23NO2/c1-3-13-21(16-18-9-5-4-6-10-18)14-15-23-20-12-8-7-11-19(20)17(2)22/h3-12H,1,13-16H2,2H3. The second-order valence-electron chi connectivity index (χ2n) is 5.41. The van der Waals surface area contributed by atoms with E-state index in [4.69, 9.17) is 4.74 Å². The third-order valence-corrected chi connectivity index (χ3v) is 3.57. The number of Topliss-reactive ketones (excluding diaryl/α,β-unsaturated/α-hetero) is 1. The zero-order valence-corrected chi connectivity index (χ0v) is 13.6. The molecule has 0 aliphatic rings. The van der Waals surface area contributed by atoms with Gasteiger partial charge in [-0.2, -0.15) is 0 Å². The number of para-hydroxylation sites is 1. The first-order chi connectivity index (χ1) is 11.2. The molecular weight excluding hydrogens is 286 g/mol. The summed E-state index contributed by atoms with van der Waals surface area (Å²) in [6, 6.07) is 17.7. The van der Waals surface area contributed by atoms with Crippen LogP contribution in [0.3, 0.4) is 0 Å². The van der Waals surface area contributed by atoms with Gasteiger partial charge in [-0.1, -0.05) is 48.5 Å². The van der Waals surface area contributed by atoms with E-state index >= 15 is 0 Å². The van der Waals surface area contributed by atoms with Gasteiger partial charge in [0.25, 0.3) is 0 Å². The van der Waals surface area contributed by atoms with Crippen molar-refractivity contribution in [1.82, 2.24) is 4.90 Å². The third kappa shape index (κ3) is 5.38. The second-order valence-corrected chi connectivity index (χ2v) is 5.41. The summed E-state index contributed by atoms with van der Waals surface area (Å²) in [7, 11) is 0. The average Bonchev–Trinajstić information content (AvgIpc) is 2.56. The molecule has 0 unspecified atom stereocenters. The maximum Gasteiger partial charge on any atom is 0.163 e. The molecule has 0 spiro atoms. The highest BCUT2D eigenvalue weighted by Crippen LogP contribution is 2.18. The van der Waals surface area contributed by atoms with Crippen LogP contribution in [-0.4, -0.2) is 30.4 Å². The Morgan fingerprint density at radius 3 is 2.52 bits per heavy atom. The molecular formula is C20H23NO2. The summed E-state index contributed by atoms with van der Waals surface area (Å²) in [5.41, 5.74) is 1.89. The Balaban J connectivity index is 1.92. The smallest absolute Gasteiger partial charge is 0.163 e. The number of hydrogen-bond acceptors (Lipinski definition) is 3. The summed E-state index contributed by atoms with van der Waals surface area (Å²) in [5.74, 6) is 0.672. The first-order valence-electron chi connectivity index (χ1n) is 7.80. The Kier molecular flexibility index (Phi) is 6.57. The van der Waals surface area contributed by atoms with E-state index in [1.54, 1.807) is 13.0 Å². The number of hydrogen-bond donors (Lipinski definition) is 0. The van der Waals surface area contributed by atoms with Crippen LogP contribution in [0.2, 0.25) is 0 Å². The van der Waals surface area contributed by atoms with E-state index in [9.17, 15) is 4.79 Å². The lowest BCUT2D eigenvalue weighted by Crippen LogP contribution is -2.28. The van der Waals surface area contributed by atoms with Gasteiger partial charge in [-0.3, -0.25) is 9.69 Å². The van der Waals surface area contributed by atoms with Gasteiger partial charge in [-0.25, -0.2) is 0 Å². The monoisotopic (exact) mass is 309 g/mol. The van der Waals surface area contributed by atoms with Crippen LogP contribution in [0.5, 0.6) is 5.75 Å². The predicted molar refractivity (Wildman–Crippen MR) is 93.9 cm³/mol.